The monoisotopic (exact) mass is 831 g/mol. The number of nitrogens with one attached hydrogen (secondary N) is 1. The van der Waals surface area contributed by atoms with Gasteiger partial charge < -0.3 is 25.8 Å². The topological polar surface area (TPSA) is 132 Å². The van der Waals surface area contributed by atoms with Gasteiger partial charge in [-0.1, -0.05) is 87.4 Å². The van der Waals surface area contributed by atoms with E-state index >= 15 is 0 Å². The fraction of sp³-hybridized carbons (Fsp3) is 0.612. The van der Waals surface area contributed by atoms with Crippen LogP contribution in [0.1, 0.15) is 120 Å². The van der Waals surface area contributed by atoms with Crippen LogP contribution < -0.4 is 20.9 Å². The third-order valence-electron chi connectivity index (χ3n) is 10.4. The summed E-state index contributed by atoms with van der Waals surface area (Å²) in [6.45, 7) is 26.8. The van der Waals surface area contributed by atoms with Gasteiger partial charge in [0.15, 0.2) is 0 Å². The molecule has 2 aliphatic heterocycles. The molecule has 2 saturated heterocycles. The summed E-state index contributed by atoms with van der Waals surface area (Å²) in [5.74, 6) is -0.160. The molecule has 11 heteroatoms. The number of hydrogen-bond donors (Lipinski definition) is 3. The predicted octanol–water partition coefficient (Wildman–Crippen LogP) is 9.49. The number of anilines is 2. The van der Waals surface area contributed by atoms with Crippen molar-refractivity contribution in [3.8, 4) is 0 Å². The van der Waals surface area contributed by atoms with Gasteiger partial charge in [-0.2, -0.15) is 0 Å². The van der Waals surface area contributed by atoms with Crippen LogP contribution in [0.5, 0.6) is 0 Å². The van der Waals surface area contributed by atoms with E-state index in [0.29, 0.717) is 31.6 Å². The van der Waals surface area contributed by atoms with Crippen LogP contribution in [0.4, 0.5) is 11.4 Å². The Morgan fingerprint density at radius 2 is 1.20 bits per heavy atom. The number of rotatable bonds is 16. The molecule has 1 amide bonds. The Morgan fingerprint density at radius 3 is 1.57 bits per heavy atom. The first-order chi connectivity index (χ1) is 27.5. The van der Waals surface area contributed by atoms with Crippen LogP contribution in [0.15, 0.2) is 76.8 Å². The molecule has 10 nitrogen and oxygen atoms in total. The van der Waals surface area contributed by atoms with Gasteiger partial charge in [-0.25, -0.2) is 0 Å². The molecule has 0 spiro atoms. The van der Waals surface area contributed by atoms with E-state index in [0.717, 1.165) is 64.6 Å². The number of nitrogens with two attached hydrogens (primary N) is 1. The second-order valence-corrected chi connectivity index (χ2v) is 17.2. The molecule has 0 unspecified atom stereocenters. The van der Waals surface area contributed by atoms with E-state index in [1.807, 2.05) is 18.7 Å². The van der Waals surface area contributed by atoms with Gasteiger partial charge in [0.1, 0.15) is 0 Å². The van der Waals surface area contributed by atoms with Crippen molar-refractivity contribution in [1.82, 2.24) is 10.2 Å². The first kappa shape index (κ1) is 55.9. The Labute approximate surface area is 366 Å². The van der Waals surface area contributed by atoms with Crippen LogP contribution in [0, 0.1) is 25.7 Å². The van der Waals surface area contributed by atoms with Gasteiger partial charge in [-0.05, 0) is 117 Å². The quantitative estimate of drug-likeness (QED) is 0.0867. The van der Waals surface area contributed by atoms with Crippen molar-refractivity contribution < 1.29 is 19.4 Å². The van der Waals surface area contributed by atoms with Crippen molar-refractivity contribution in [2.24, 2.45) is 22.6 Å². The number of piperidine rings is 2. The summed E-state index contributed by atoms with van der Waals surface area (Å²) >= 11 is 0. The van der Waals surface area contributed by atoms with E-state index in [-0.39, 0.29) is 32.7 Å². The predicted molar refractivity (Wildman–Crippen MR) is 258 cm³/mol. The van der Waals surface area contributed by atoms with Crippen molar-refractivity contribution in [2.75, 3.05) is 49.1 Å². The maximum atomic E-state index is 12.6. The summed E-state index contributed by atoms with van der Waals surface area (Å²) < 4.78 is 9.88. The third-order valence-corrected chi connectivity index (χ3v) is 10.4. The number of aliphatic imine (C=N–C) groups is 1. The Bertz CT molecular complexity index is 1590. The molecule has 4 rings (SSSR count). The molecule has 0 radical (unpaired) electrons. The minimum atomic E-state index is -0.984. The van der Waals surface area contributed by atoms with Crippen LogP contribution in [-0.2, 0) is 14.3 Å². The summed E-state index contributed by atoms with van der Waals surface area (Å²) in [6, 6.07) is 17.7. The number of carboxylic acids is 1. The number of nitrogens with zero attached hydrogens (tertiary/aromatic N) is 4. The second kappa shape index (κ2) is 30.0. The van der Waals surface area contributed by atoms with Gasteiger partial charge in [0, 0.05) is 49.6 Å². The number of carboxylic acid groups (broad SMARTS) is 1. The van der Waals surface area contributed by atoms with Crippen molar-refractivity contribution in [2.45, 2.75) is 147 Å². The zero-order valence-electron chi connectivity index (χ0n) is 37.4. The number of aryl methyl sites for hydroxylation is 2. The molecular formula is C49H83BN6O4. The number of likely N-dealkylation sites (tertiary alicyclic amines) is 1. The zero-order chi connectivity index (χ0) is 43.2. The Morgan fingerprint density at radius 1 is 0.783 bits per heavy atom. The molecule has 0 aromatic heterocycles. The van der Waals surface area contributed by atoms with Crippen molar-refractivity contribution in [1.29, 1.82) is 0 Å². The Kier molecular flexibility index (Phi) is 28.0. The number of allylic oxidation sites excluding steroid dienone is 2. The summed E-state index contributed by atoms with van der Waals surface area (Å²) in [5, 5.41) is 12.1. The van der Waals surface area contributed by atoms with Crippen molar-refractivity contribution in [3.05, 3.63) is 83.0 Å². The Balaban J connectivity index is 0.000000924. The normalized spacial score (nSPS) is 15.1. The standard InChI is InChI=1S/C23H37N3O.C17H26N2.C7H12BNO3.2CH4/c1-17(2)10-15-26(20-8-6-19(5)7-9-20)21-11-13-25(14-12-21)23(27)22(24)16-18(3)4;1-14(2)10-13-19(17-8-11-18-12-9-17)16-6-4-15(3)5-7-16;1-5(2)3-6(7(10)11)9-4-8-12;;/h6-10,18,21-22H,11-16,24H2,1-5H3;4-7,10,17-18H,8-9,11-13H2,1-3H3;4-6H,3H2,1-2H3,(H,10,11);2*1H4/t22-;;6-;;/m0.0../s1. The molecule has 4 N–H and O–H groups in total. The van der Waals surface area contributed by atoms with Crippen LogP contribution >= 0.6 is 0 Å². The zero-order valence-corrected chi connectivity index (χ0v) is 37.4. The van der Waals surface area contributed by atoms with Gasteiger partial charge in [0.25, 0.3) is 0 Å². The van der Waals surface area contributed by atoms with Gasteiger partial charge in [-0.3, -0.25) is 4.79 Å². The van der Waals surface area contributed by atoms with Crippen molar-refractivity contribution >= 4 is 36.5 Å². The summed E-state index contributed by atoms with van der Waals surface area (Å²) in [4.78, 5) is 33.7. The number of carbonyl (C=O) groups is 2. The molecule has 0 bridgehead atoms. The van der Waals surface area contributed by atoms with E-state index in [9.17, 15) is 14.3 Å². The van der Waals surface area contributed by atoms with E-state index < -0.39 is 12.0 Å². The summed E-state index contributed by atoms with van der Waals surface area (Å²) in [7, 11) is 0.482. The minimum absolute atomic E-state index is 0. The average Bonchev–Trinajstić information content (AvgIpc) is 3.18. The van der Waals surface area contributed by atoms with Crippen LogP contribution in [0.2, 0.25) is 0 Å². The van der Waals surface area contributed by atoms with Gasteiger partial charge in [0.2, 0.25) is 5.91 Å². The molecule has 2 aliphatic rings. The van der Waals surface area contributed by atoms with E-state index in [4.69, 9.17) is 10.8 Å². The molecule has 2 aromatic rings. The van der Waals surface area contributed by atoms with Gasteiger partial charge >= 0.3 is 71.1 Å². The fourth-order valence-electron chi connectivity index (χ4n) is 7.14. The van der Waals surface area contributed by atoms with Crippen LogP contribution in [-0.4, -0.2) is 98.6 Å². The number of benzene rings is 2. The first-order valence-electron chi connectivity index (χ1n) is 21.4. The number of amides is 1. The van der Waals surface area contributed by atoms with E-state index in [1.165, 1.54) is 46.5 Å². The Hall–Kier alpha value is -4.09. The maximum absolute atomic E-state index is 12.6. The molecule has 0 aliphatic carbocycles. The molecule has 0 saturated carbocycles. The fourth-order valence-corrected chi connectivity index (χ4v) is 7.14. The van der Waals surface area contributed by atoms with Crippen LogP contribution in [0.3, 0.4) is 0 Å². The summed E-state index contributed by atoms with van der Waals surface area (Å²) in [5.41, 5.74) is 14.1. The van der Waals surface area contributed by atoms with Gasteiger partial charge in [-0.15, -0.1) is 0 Å². The van der Waals surface area contributed by atoms with Crippen LogP contribution in [0.25, 0.3) is 0 Å². The van der Waals surface area contributed by atoms with E-state index in [1.54, 1.807) is 0 Å². The number of hydrogen-bond acceptors (Lipinski definition) is 8. The molecule has 2 heterocycles. The molecule has 2 atom stereocenters. The first-order valence-corrected chi connectivity index (χ1v) is 21.4. The van der Waals surface area contributed by atoms with E-state index in [2.05, 4.69) is 136 Å². The molecule has 336 valence electrons. The second-order valence-electron chi connectivity index (χ2n) is 17.2. The van der Waals surface area contributed by atoms with Crippen molar-refractivity contribution in [3.63, 3.8) is 0 Å². The SMILES string of the molecule is C.C.CC(C)=CCN(c1ccc(C)cc1)C1CCN(C(=O)[C@@H](N)CC(C)C)CC1.CC(C)=CCN(c1ccc(C)cc1)C1CCNCC1.CC(C)C[C@H](N=CB=O)C(=O)O. The average molecular weight is 831 g/mol. The third kappa shape index (κ3) is 21.4. The molecular weight excluding hydrogens is 747 g/mol. The number of carbonyl (C=O) groups excluding carboxylic acids is 1. The summed E-state index contributed by atoms with van der Waals surface area (Å²) in [6.07, 6.45) is 11.3. The van der Waals surface area contributed by atoms with Gasteiger partial charge in [0.05, 0.1) is 6.04 Å². The molecule has 60 heavy (non-hydrogen) atoms. The molecule has 2 fully saturated rings. The molecule has 2 aromatic carbocycles. The number of aliphatic carboxylic acids is 1.